The lowest BCUT2D eigenvalue weighted by Crippen LogP contribution is -2.07. The van der Waals surface area contributed by atoms with Gasteiger partial charge >= 0.3 is 5.97 Å². The van der Waals surface area contributed by atoms with E-state index in [4.69, 9.17) is 4.74 Å². The second kappa shape index (κ2) is 6.11. The van der Waals surface area contributed by atoms with E-state index in [9.17, 15) is 4.79 Å². The van der Waals surface area contributed by atoms with E-state index in [-0.39, 0.29) is 5.97 Å². The maximum absolute atomic E-state index is 11.5. The number of esters is 1. The third-order valence-electron chi connectivity index (χ3n) is 2.62. The molecular formula is C12H17BrO2. The molecule has 0 aromatic carbocycles. The Balaban J connectivity index is 2.52. The summed E-state index contributed by atoms with van der Waals surface area (Å²) < 4.78 is 5.03. The molecule has 0 aromatic rings. The van der Waals surface area contributed by atoms with Crippen LogP contribution >= 0.6 is 15.9 Å². The molecular weight excluding hydrogens is 256 g/mol. The van der Waals surface area contributed by atoms with Gasteiger partial charge in [-0.15, -0.1) is 0 Å². The number of unbranched alkanes of at least 4 members (excludes halogenated alkanes) is 2. The van der Waals surface area contributed by atoms with Gasteiger partial charge in [-0.1, -0.05) is 49.0 Å². The Morgan fingerprint density at radius 3 is 2.80 bits per heavy atom. The Morgan fingerprint density at radius 1 is 1.53 bits per heavy atom. The first-order valence-corrected chi connectivity index (χ1v) is 6.34. The molecule has 2 nitrogen and oxygen atoms in total. The molecule has 84 valence electrons. The lowest BCUT2D eigenvalue weighted by atomic mass is 9.95. The van der Waals surface area contributed by atoms with Gasteiger partial charge in [0.05, 0.1) is 0 Å². The van der Waals surface area contributed by atoms with Crippen LogP contribution in [0.25, 0.3) is 0 Å². The van der Waals surface area contributed by atoms with E-state index in [1.54, 1.807) is 4.99 Å². The molecule has 0 N–H and O–H groups in total. The van der Waals surface area contributed by atoms with E-state index >= 15 is 0 Å². The fourth-order valence-electron chi connectivity index (χ4n) is 1.66. The van der Waals surface area contributed by atoms with Gasteiger partial charge in [-0.3, -0.25) is 0 Å². The molecule has 0 saturated carbocycles. The number of halogens is 1. The van der Waals surface area contributed by atoms with E-state index in [0.29, 0.717) is 11.7 Å². The third-order valence-corrected chi connectivity index (χ3v) is 3.07. The molecule has 0 bridgehead atoms. The maximum atomic E-state index is 11.5. The highest BCUT2D eigenvalue weighted by Crippen LogP contribution is 2.27. The number of rotatable bonds is 5. The predicted octanol–water partition coefficient (Wildman–Crippen LogP) is 3.92. The molecule has 0 radical (unpaired) electrons. The van der Waals surface area contributed by atoms with Crippen LogP contribution in [-0.4, -0.2) is 5.97 Å². The molecule has 1 heterocycles. The molecule has 1 rings (SSSR count). The van der Waals surface area contributed by atoms with Gasteiger partial charge in [-0.25, -0.2) is 4.79 Å². The van der Waals surface area contributed by atoms with Gasteiger partial charge in [-0.2, -0.15) is 0 Å². The molecule has 0 aliphatic carbocycles. The number of carbonyl (C=O) groups is 1. The normalized spacial score (nSPS) is 20.3. The molecule has 0 fully saturated rings. The van der Waals surface area contributed by atoms with Crippen molar-refractivity contribution in [3.63, 3.8) is 0 Å². The Kier molecular flexibility index (Phi) is 5.09. The first kappa shape index (κ1) is 12.5. The van der Waals surface area contributed by atoms with E-state index in [1.165, 1.54) is 19.3 Å². The minimum atomic E-state index is -0.190. The summed E-state index contributed by atoms with van der Waals surface area (Å²) in [4.78, 5) is 13.1. The fraction of sp³-hybridized carbons (Fsp3) is 0.583. The summed E-state index contributed by atoms with van der Waals surface area (Å²) in [6.45, 7) is 4.26. The van der Waals surface area contributed by atoms with Gasteiger partial charge in [0.25, 0.3) is 0 Å². The highest BCUT2D eigenvalue weighted by molar-refractivity contribution is 9.11. The predicted molar refractivity (Wildman–Crippen MR) is 64.5 cm³/mol. The highest BCUT2D eigenvalue weighted by atomic mass is 79.9. The topological polar surface area (TPSA) is 26.3 Å². The van der Waals surface area contributed by atoms with Crippen LogP contribution < -0.4 is 0 Å². The average Bonchev–Trinajstić information content (AvgIpc) is 2.60. The fourth-order valence-corrected chi connectivity index (χ4v) is 1.89. The van der Waals surface area contributed by atoms with Crippen molar-refractivity contribution in [2.45, 2.75) is 39.5 Å². The Bertz CT molecular complexity index is 292. The van der Waals surface area contributed by atoms with Gasteiger partial charge in [0.1, 0.15) is 5.76 Å². The van der Waals surface area contributed by atoms with Crippen LogP contribution in [0.3, 0.4) is 0 Å². The zero-order valence-electron chi connectivity index (χ0n) is 9.25. The standard InChI is InChI=1S/C12H17BrO2/c1-3-4-5-6-9(2)11-7-10(8-13)15-12(11)14/h7-9H,3-6H2,1-2H3/b10-8-. The van der Waals surface area contributed by atoms with Gasteiger partial charge < -0.3 is 4.74 Å². The lowest BCUT2D eigenvalue weighted by molar-refractivity contribution is -0.133. The molecule has 0 spiro atoms. The van der Waals surface area contributed by atoms with Crippen molar-refractivity contribution >= 4 is 21.9 Å². The van der Waals surface area contributed by atoms with Gasteiger partial charge in [0, 0.05) is 10.6 Å². The van der Waals surface area contributed by atoms with E-state index in [0.717, 1.165) is 12.0 Å². The highest BCUT2D eigenvalue weighted by Gasteiger charge is 2.25. The van der Waals surface area contributed by atoms with Crippen LogP contribution in [0.2, 0.25) is 0 Å². The van der Waals surface area contributed by atoms with Crippen LogP contribution in [0, 0.1) is 5.92 Å². The van der Waals surface area contributed by atoms with Gasteiger partial charge in [0.15, 0.2) is 0 Å². The molecule has 0 saturated heterocycles. The van der Waals surface area contributed by atoms with Gasteiger partial charge in [0.2, 0.25) is 0 Å². The van der Waals surface area contributed by atoms with E-state index < -0.39 is 0 Å². The number of cyclic esters (lactones) is 1. The molecule has 1 aliphatic heterocycles. The van der Waals surface area contributed by atoms with Crippen molar-refractivity contribution in [1.29, 1.82) is 0 Å². The molecule has 1 unspecified atom stereocenters. The molecule has 0 amide bonds. The zero-order valence-corrected chi connectivity index (χ0v) is 10.8. The number of hydrogen-bond donors (Lipinski definition) is 0. The molecule has 1 atom stereocenters. The summed E-state index contributed by atoms with van der Waals surface area (Å²) in [5.74, 6) is 0.719. The van der Waals surface area contributed by atoms with Crippen molar-refractivity contribution in [3.8, 4) is 0 Å². The summed E-state index contributed by atoms with van der Waals surface area (Å²) >= 11 is 3.16. The van der Waals surface area contributed by atoms with Crippen LogP contribution in [0.1, 0.15) is 39.5 Å². The largest absolute Gasteiger partial charge is 0.423 e. The van der Waals surface area contributed by atoms with Crippen molar-refractivity contribution in [2.24, 2.45) is 5.92 Å². The van der Waals surface area contributed by atoms with Crippen LogP contribution in [0.4, 0.5) is 0 Å². The van der Waals surface area contributed by atoms with Crippen molar-refractivity contribution in [3.05, 3.63) is 22.4 Å². The molecule has 1 aliphatic rings. The SMILES string of the molecule is CCCCCC(C)C1=C/C(=C/Br)OC1=O. The van der Waals surface area contributed by atoms with Crippen molar-refractivity contribution in [1.82, 2.24) is 0 Å². The summed E-state index contributed by atoms with van der Waals surface area (Å²) in [5, 5.41) is 0. The van der Waals surface area contributed by atoms with Crippen LogP contribution in [0.5, 0.6) is 0 Å². The first-order chi connectivity index (χ1) is 7.19. The Morgan fingerprint density at radius 2 is 2.27 bits per heavy atom. The average molecular weight is 273 g/mol. The quantitative estimate of drug-likeness (QED) is 0.560. The zero-order chi connectivity index (χ0) is 11.3. The molecule has 15 heavy (non-hydrogen) atoms. The second-order valence-electron chi connectivity index (χ2n) is 3.90. The van der Waals surface area contributed by atoms with Crippen molar-refractivity contribution in [2.75, 3.05) is 0 Å². The summed E-state index contributed by atoms with van der Waals surface area (Å²) in [6.07, 6.45) is 6.50. The van der Waals surface area contributed by atoms with E-state index in [2.05, 4.69) is 29.8 Å². The second-order valence-corrected chi connectivity index (χ2v) is 4.36. The smallest absolute Gasteiger partial charge is 0.339 e. The lowest BCUT2D eigenvalue weighted by Gasteiger charge is -2.09. The number of hydrogen-bond acceptors (Lipinski definition) is 2. The Hall–Kier alpha value is -0.570. The number of ether oxygens (including phenoxy) is 1. The Labute approximate surface area is 99.5 Å². The summed E-state index contributed by atoms with van der Waals surface area (Å²) in [7, 11) is 0. The third kappa shape index (κ3) is 3.49. The first-order valence-electron chi connectivity index (χ1n) is 5.43. The number of carbonyl (C=O) groups excluding carboxylic acids is 1. The van der Waals surface area contributed by atoms with E-state index in [1.807, 2.05) is 6.08 Å². The van der Waals surface area contributed by atoms with Gasteiger partial charge in [-0.05, 0) is 18.4 Å². The summed E-state index contributed by atoms with van der Waals surface area (Å²) in [5.41, 5.74) is 0.803. The monoisotopic (exact) mass is 272 g/mol. The molecule has 3 heteroatoms. The van der Waals surface area contributed by atoms with Crippen LogP contribution in [0.15, 0.2) is 22.4 Å². The summed E-state index contributed by atoms with van der Waals surface area (Å²) in [6, 6.07) is 0. The minimum Gasteiger partial charge on any atom is -0.423 e. The maximum Gasteiger partial charge on any atom is 0.339 e. The minimum absolute atomic E-state index is 0.190. The van der Waals surface area contributed by atoms with Crippen LogP contribution in [-0.2, 0) is 9.53 Å². The molecule has 0 aromatic heterocycles. The van der Waals surface area contributed by atoms with Crippen molar-refractivity contribution < 1.29 is 9.53 Å². The number of allylic oxidation sites excluding steroid dienone is 1.